The fourth-order valence-corrected chi connectivity index (χ4v) is 5.94. The molecule has 3 aromatic carbocycles. The average molecular weight is 445 g/mol. The molecule has 0 radical (unpaired) electrons. The van der Waals surface area contributed by atoms with Crippen LogP contribution in [0.25, 0.3) is 16.5 Å². The van der Waals surface area contributed by atoms with Crippen LogP contribution in [-0.2, 0) is 14.8 Å². The summed E-state index contributed by atoms with van der Waals surface area (Å²) in [5, 5.41) is 9.08. The van der Waals surface area contributed by atoms with E-state index in [9.17, 15) is 13.2 Å². The number of hydrogen-bond acceptors (Lipinski definition) is 4. The molecule has 1 aliphatic heterocycles. The molecule has 2 heterocycles. The Morgan fingerprint density at radius 1 is 1.00 bits per heavy atom. The molecule has 1 N–H and O–H groups in total. The minimum Gasteiger partial charge on any atom is -0.309 e. The molecule has 1 aliphatic carbocycles. The maximum atomic E-state index is 13.2. The maximum Gasteiger partial charge on any atom is 0.265 e. The molecule has 0 unspecified atom stereocenters. The Bertz CT molecular complexity index is 1470. The Hall–Kier alpha value is -3.65. The summed E-state index contributed by atoms with van der Waals surface area (Å²) in [6, 6.07) is 22.1. The van der Waals surface area contributed by atoms with Crippen molar-refractivity contribution >= 4 is 38.2 Å². The summed E-state index contributed by atoms with van der Waals surface area (Å²) >= 11 is 0. The van der Waals surface area contributed by atoms with Crippen molar-refractivity contribution in [2.75, 3.05) is 16.2 Å². The fraction of sp³-hybridized carbons (Fsp3) is 0.167. The van der Waals surface area contributed by atoms with Crippen molar-refractivity contribution in [3.8, 4) is 5.69 Å². The molecule has 1 amide bonds. The number of amides is 1. The third kappa shape index (κ3) is 2.98. The summed E-state index contributed by atoms with van der Waals surface area (Å²) in [6.07, 6.45) is 2.18. The van der Waals surface area contributed by atoms with Crippen molar-refractivity contribution in [2.24, 2.45) is 0 Å². The lowest BCUT2D eigenvalue weighted by Crippen LogP contribution is -2.35. The number of anilines is 2. The van der Waals surface area contributed by atoms with Gasteiger partial charge in [0.15, 0.2) is 0 Å². The van der Waals surface area contributed by atoms with Crippen LogP contribution in [0.2, 0.25) is 0 Å². The zero-order valence-electron chi connectivity index (χ0n) is 17.1. The minimum atomic E-state index is -3.80. The normalized spacial score (nSPS) is 16.4. The number of hydrogen-bond donors (Lipinski definition) is 1. The first kappa shape index (κ1) is 19.1. The molecular weight excluding hydrogens is 424 g/mol. The van der Waals surface area contributed by atoms with E-state index in [-0.39, 0.29) is 11.4 Å². The number of aromatic nitrogens is 2. The minimum absolute atomic E-state index is 0.240. The molecule has 1 saturated carbocycles. The van der Waals surface area contributed by atoms with Gasteiger partial charge in [-0.15, -0.1) is 0 Å². The van der Waals surface area contributed by atoms with E-state index in [1.165, 1.54) is 4.31 Å². The van der Waals surface area contributed by atoms with E-state index in [0.717, 1.165) is 29.6 Å². The lowest BCUT2D eigenvalue weighted by molar-refractivity contribution is -0.114. The standard InChI is InChI=1S/C24H20N4O3S/c29-23(15-27-20-10-4-6-17-7-5-11-21(24(17)20)32(27,30)31)25-22-14-19(16-12-13-16)26-28(22)18-8-2-1-3-9-18/h1-11,14,16H,12-13,15H2,(H,25,29). The molecule has 1 fully saturated rings. The van der Waals surface area contributed by atoms with Crippen LogP contribution < -0.4 is 9.62 Å². The van der Waals surface area contributed by atoms with Crippen LogP contribution in [0.5, 0.6) is 0 Å². The van der Waals surface area contributed by atoms with Gasteiger partial charge in [-0.1, -0.05) is 42.5 Å². The lowest BCUT2D eigenvalue weighted by Gasteiger charge is -2.18. The predicted octanol–water partition coefficient (Wildman–Crippen LogP) is 4.05. The molecule has 8 heteroatoms. The van der Waals surface area contributed by atoms with Gasteiger partial charge in [0, 0.05) is 17.4 Å². The monoisotopic (exact) mass is 444 g/mol. The Labute approximate surface area is 185 Å². The van der Waals surface area contributed by atoms with Crippen LogP contribution in [0, 0.1) is 0 Å². The number of benzene rings is 3. The molecule has 4 aromatic rings. The van der Waals surface area contributed by atoms with E-state index < -0.39 is 15.9 Å². The molecule has 0 spiro atoms. The van der Waals surface area contributed by atoms with Gasteiger partial charge < -0.3 is 5.32 Å². The van der Waals surface area contributed by atoms with Crippen LogP contribution in [0.15, 0.2) is 77.7 Å². The van der Waals surface area contributed by atoms with Gasteiger partial charge in [-0.05, 0) is 42.5 Å². The van der Waals surface area contributed by atoms with Gasteiger partial charge >= 0.3 is 0 Å². The van der Waals surface area contributed by atoms with Crippen LogP contribution in [0.1, 0.15) is 24.5 Å². The van der Waals surface area contributed by atoms with Crippen LogP contribution >= 0.6 is 0 Å². The number of para-hydroxylation sites is 1. The number of carbonyl (C=O) groups excluding carboxylic acids is 1. The number of rotatable bonds is 5. The number of carbonyl (C=O) groups is 1. The van der Waals surface area contributed by atoms with Gasteiger partial charge in [0.05, 0.1) is 22.0 Å². The zero-order valence-corrected chi connectivity index (χ0v) is 17.9. The van der Waals surface area contributed by atoms with Gasteiger partial charge in [0.2, 0.25) is 5.91 Å². The Kier molecular flexibility index (Phi) is 4.13. The van der Waals surface area contributed by atoms with Gasteiger partial charge in [-0.3, -0.25) is 9.10 Å². The second-order valence-corrected chi connectivity index (χ2v) is 10.00. The smallest absolute Gasteiger partial charge is 0.265 e. The topological polar surface area (TPSA) is 84.3 Å². The maximum absolute atomic E-state index is 13.2. The molecule has 7 nitrogen and oxygen atoms in total. The first-order valence-corrected chi connectivity index (χ1v) is 12.0. The SMILES string of the molecule is O=C(CN1c2cccc3cccc(c23)S1(=O)=O)Nc1cc(C2CC2)nn1-c1ccccc1. The van der Waals surface area contributed by atoms with E-state index in [4.69, 9.17) is 0 Å². The van der Waals surface area contributed by atoms with Crippen molar-refractivity contribution in [3.63, 3.8) is 0 Å². The highest BCUT2D eigenvalue weighted by Gasteiger charge is 2.37. The van der Waals surface area contributed by atoms with Crippen molar-refractivity contribution in [1.82, 2.24) is 9.78 Å². The van der Waals surface area contributed by atoms with Crippen LogP contribution in [0.4, 0.5) is 11.5 Å². The molecule has 0 atom stereocenters. The van der Waals surface area contributed by atoms with Crippen molar-refractivity contribution in [2.45, 2.75) is 23.7 Å². The predicted molar refractivity (Wildman–Crippen MR) is 123 cm³/mol. The van der Waals surface area contributed by atoms with Crippen LogP contribution in [0.3, 0.4) is 0 Å². The van der Waals surface area contributed by atoms with E-state index in [1.54, 1.807) is 28.9 Å². The molecule has 0 bridgehead atoms. The van der Waals surface area contributed by atoms with Crippen molar-refractivity contribution < 1.29 is 13.2 Å². The quantitative estimate of drug-likeness (QED) is 0.503. The summed E-state index contributed by atoms with van der Waals surface area (Å²) < 4.78 is 29.2. The van der Waals surface area contributed by atoms with Gasteiger partial charge in [-0.2, -0.15) is 5.10 Å². The van der Waals surface area contributed by atoms with Crippen LogP contribution in [-0.4, -0.2) is 30.7 Å². The Balaban J connectivity index is 1.32. The van der Waals surface area contributed by atoms with E-state index in [0.29, 0.717) is 22.8 Å². The van der Waals surface area contributed by atoms with Crippen molar-refractivity contribution in [1.29, 1.82) is 0 Å². The van der Waals surface area contributed by atoms with E-state index in [1.807, 2.05) is 48.5 Å². The summed E-state index contributed by atoms with van der Waals surface area (Å²) in [5.74, 6) is 0.537. The highest BCUT2D eigenvalue weighted by atomic mass is 32.2. The second-order valence-electron chi connectivity index (χ2n) is 8.17. The summed E-state index contributed by atoms with van der Waals surface area (Å²) in [5.41, 5.74) is 2.30. The number of nitrogens with zero attached hydrogens (tertiary/aromatic N) is 3. The largest absolute Gasteiger partial charge is 0.309 e. The number of nitrogens with one attached hydrogen (secondary N) is 1. The van der Waals surface area contributed by atoms with Crippen molar-refractivity contribution in [3.05, 3.63) is 78.5 Å². The summed E-state index contributed by atoms with van der Waals surface area (Å²) in [7, 11) is -3.80. The Morgan fingerprint density at radius 2 is 1.75 bits per heavy atom. The summed E-state index contributed by atoms with van der Waals surface area (Å²) in [4.78, 5) is 13.3. The molecule has 32 heavy (non-hydrogen) atoms. The Morgan fingerprint density at radius 3 is 2.50 bits per heavy atom. The molecule has 6 rings (SSSR count). The van der Waals surface area contributed by atoms with Gasteiger partial charge in [-0.25, -0.2) is 13.1 Å². The first-order chi connectivity index (χ1) is 15.5. The first-order valence-electron chi connectivity index (χ1n) is 10.5. The zero-order chi connectivity index (χ0) is 21.9. The molecule has 2 aliphatic rings. The molecule has 0 saturated heterocycles. The molecular formula is C24H20N4O3S. The second kappa shape index (κ2) is 6.93. The molecule has 1 aromatic heterocycles. The van der Waals surface area contributed by atoms with E-state index >= 15 is 0 Å². The average Bonchev–Trinajstić information content (AvgIpc) is 3.53. The van der Waals surface area contributed by atoms with E-state index in [2.05, 4.69) is 10.4 Å². The third-order valence-corrected chi connectivity index (χ3v) is 7.76. The van der Waals surface area contributed by atoms with Gasteiger partial charge in [0.25, 0.3) is 10.0 Å². The highest BCUT2D eigenvalue weighted by Crippen LogP contribution is 2.42. The fourth-order valence-electron chi connectivity index (χ4n) is 4.27. The molecule has 160 valence electrons. The highest BCUT2D eigenvalue weighted by molar-refractivity contribution is 7.93. The van der Waals surface area contributed by atoms with Gasteiger partial charge in [0.1, 0.15) is 12.4 Å². The number of sulfonamides is 1. The third-order valence-electron chi connectivity index (χ3n) is 5.96. The summed E-state index contributed by atoms with van der Waals surface area (Å²) in [6.45, 7) is -0.311. The lowest BCUT2D eigenvalue weighted by atomic mass is 10.1.